The van der Waals surface area contributed by atoms with E-state index in [1.54, 1.807) is 7.11 Å². The van der Waals surface area contributed by atoms with Gasteiger partial charge in [-0.15, -0.1) is 0 Å². The van der Waals surface area contributed by atoms with Gasteiger partial charge < -0.3 is 9.64 Å². The molecule has 0 bridgehead atoms. The van der Waals surface area contributed by atoms with Crippen LogP contribution in [0.2, 0.25) is 5.02 Å². The first-order chi connectivity index (χ1) is 13.0. The van der Waals surface area contributed by atoms with E-state index in [2.05, 4.69) is 28.5 Å². The number of amides is 1. The van der Waals surface area contributed by atoms with E-state index in [0.29, 0.717) is 5.91 Å². The number of methoxy groups -OCH3 is 1. The van der Waals surface area contributed by atoms with Gasteiger partial charge in [0.15, 0.2) is 0 Å². The van der Waals surface area contributed by atoms with Crippen molar-refractivity contribution in [1.82, 2.24) is 14.7 Å². The first-order valence-corrected chi connectivity index (χ1v) is 10.4. The molecule has 1 unspecified atom stereocenters. The number of likely N-dealkylation sites (tertiary alicyclic amines) is 1. The zero-order valence-electron chi connectivity index (χ0n) is 16.8. The highest BCUT2D eigenvalue weighted by Gasteiger charge is 2.30. The van der Waals surface area contributed by atoms with Crippen molar-refractivity contribution in [3.63, 3.8) is 0 Å². The molecule has 150 valence electrons. The number of piperidine rings is 1. The molecule has 0 spiro atoms. The fraction of sp³-hybridized carbons (Fsp3) is 0.667. The smallest absolute Gasteiger partial charge is 0.239 e. The summed E-state index contributed by atoms with van der Waals surface area (Å²) in [5.74, 6) is 1.92. The quantitative estimate of drug-likeness (QED) is 0.770. The second-order valence-corrected chi connectivity index (χ2v) is 8.39. The first kappa shape index (κ1) is 20.4. The van der Waals surface area contributed by atoms with Gasteiger partial charge in [-0.05, 0) is 43.9 Å². The molecule has 1 aromatic rings. The van der Waals surface area contributed by atoms with E-state index in [0.717, 1.165) is 80.9 Å². The van der Waals surface area contributed by atoms with E-state index in [4.69, 9.17) is 16.3 Å². The predicted molar refractivity (Wildman–Crippen MR) is 109 cm³/mol. The third-order valence-electron chi connectivity index (χ3n) is 6.04. The molecular weight excluding hydrogens is 362 g/mol. The van der Waals surface area contributed by atoms with E-state index in [-0.39, 0.29) is 6.04 Å². The van der Waals surface area contributed by atoms with Crippen LogP contribution in [-0.4, -0.2) is 73.0 Å². The van der Waals surface area contributed by atoms with E-state index in [1.807, 2.05) is 18.2 Å². The highest BCUT2D eigenvalue weighted by atomic mass is 35.5. The first-order valence-electron chi connectivity index (χ1n) is 10.1. The molecular formula is C21H32ClN3O2. The second kappa shape index (κ2) is 9.26. The molecule has 3 rings (SSSR count). The number of carbonyl (C=O) groups is 1. The maximum atomic E-state index is 12.8. The SMILES string of the molecule is COc1ccc(Cl)cc1CN1CCN(C(C)C(=O)N2CCC(C)CC2)CC1. The standard InChI is InChI=1S/C21H32ClN3O2/c1-16-6-8-25(9-7-16)21(26)17(2)24-12-10-23(11-13-24)15-18-14-19(22)4-5-20(18)27-3/h4-5,14,16-17H,6-13,15H2,1-3H3. The lowest BCUT2D eigenvalue weighted by Gasteiger charge is -2.40. The third kappa shape index (κ3) is 5.15. The van der Waals surface area contributed by atoms with Crippen LogP contribution in [0.15, 0.2) is 18.2 Å². The monoisotopic (exact) mass is 393 g/mol. The summed E-state index contributed by atoms with van der Waals surface area (Å²) >= 11 is 6.15. The number of ether oxygens (including phenoxy) is 1. The second-order valence-electron chi connectivity index (χ2n) is 7.95. The van der Waals surface area contributed by atoms with Crippen molar-refractivity contribution in [3.05, 3.63) is 28.8 Å². The molecule has 1 aromatic carbocycles. The molecule has 1 atom stereocenters. The topological polar surface area (TPSA) is 36.0 Å². The van der Waals surface area contributed by atoms with Crippen molar-refractivity contribution in [1.29, 1.82) is 0 Å². The molecule has 0 aromatic heterocycles. The van der Waals surface area contributed by atoms with E-state index in [1.165, 1.54) is 0 Å². The minimum absolute atomic E-state index is 0.0266. The zero-order chi connectivity index (χ0) is 19.4. The van der Waals surface area contributed by atoms with Gasteiger partial charge in [-0.3, -0.25) is 14.6 Å². The molecule has 2 fully saturated rings. The van der Waals surface area contributed by atoms with E-state index < -0.39 is 0 Å². The number of nitrogens with zero attached hydrogens (tertiary/aromatic N) is 3. The fourth-order valence-electron chi connectivity index (χ4n) is 4.07. The van der Waals surface area contributed by atoms with Crippen LogP contribution in [-0.2, 0) is 11.3 Å². The van der Waals surface area contributed by atoms with Gasteiger partial charge >= 0.3 is 0 Å². The van der Waals surface area contributed by atoms with Crippen LogP contribution in [0.1, 0.15) is 32.3 Å². The van der Waals surface area contributed by atoms with Gasteiger partial charge in [0.1, 0.15) is 5.75 Å². The van der Waals surface area contributed by atoms with E-state index >= 15 is 0 Å². The maximum Gasteiger partial charge on any atom is 0.239 e. The molecule has 0 saturated carbocycles. The Kier molecular flexibility index (Phi) is 7.01. The summed E-state index contributed by atoms with van der Waals surface area (Å²) in [6.45, 7) is 10.7. The van der Waals surface area contributed by atoms with E-state index in [9.17, 15) is 4.79 Å². The molecule has 27 heavy (non-hydrogen) atoms. The Labute approximate surface area is 168 Å². The Balaban J connectivity index is 1.51. The summed E-state index contributed by atoms with van der Waals surface area (Å²) < 4.78 is 5.46. The van der Waals surface area contributed by atoms with Crippen LogP contribution in [0.4, 0.5) is 0 Å². The van der Waals surface area contributed by atoms with Crippen LogP contribution in [0, 0.1) is 5.92 Å². The largest absolute Gasteiger partial charge is 0.496 e. The average Bonchev–Trinajstić information content (AvgIpc) is 2.68. The number of piperazine rings is 1. The molecule has 2 aliphatic rings. The Morgan fingerprint density at radius 2 is 1.85 bits per heavy atom. The maximum absolute atomic E-state index is 12.8. The van der Waals surface area contributed by atoms with Crippen molar-refractivity contribution >= 4 is 17.5 Å². The van der Waals surface area contributed by atoms with Gasteiger partial charge in [-0.25, -0.2) is 0 Å². The minimum Gasteiger partial charge on any atom is -0.496 e. The summed E-state index contributed by atoms with van der Waals surface area (Å²) in [6, 6.07) is 5.74. The molecule has 0 radical (unpaired) electrons. The molecule has 2 saturated heterocycles. The van der Waals surface area contributed by atoms with Crippen molar-refractivity contribution in [3.8, 4) is 5.75 Å². The molecule has 2 aliphatic heterocycles. The molecule has 1 amide bonds. The van der Waals surface area contributed by atoms with Gasteiger partial charge in [-0.1, -0.05) is 18.5 Å². The number of rotatable bonds is 5. The molecule has 0 N–H and O–H groups in total. The van der Waals surface area contributed by atoms with Gasteiger partial charge in [0, 0.05) is 56.4 Å². The normalized spacial score (nSPS) is 21.3. The summed E-state index contributed by atoms with van der Waals surface area (Å²) in [4.78, 5) is 19.6. The summed E-state index contributed by atoms with van der Waals surface area (Å²) in [5, 5.41) is 0.736. The third-order valence-corrected chi connectivity index (χ3v) is 6.28. The summed E-state index contributed by atoms with van der Waals surface area (Å²) in [5.41, 5.74) is 1.12. The number of halogens is 1. The van der Waals surface area contributed by atoms with Gasteiger partial charge in [0.2, 0.25) is 5.91 Å². The number of benzene rings is 1. The number of hydrogen-bond donors (Lipinski definition) is 0. The predicted octanol–water partition coefficient (Wildman–Crippen LogP) is 3.11. The van der Waals surface area contributed by atoms with Crippen LogP contribution < -0.4 is 4.74 Å². The molecule has 5 nitrogen and oxygen atoms in total. The summed E-state index contributed by atoms with van der Waals surface area (Å²) in [6.07, 6.45) is 2.27. The average molecular weight is 394 g/mol. The Bertz CT molecular complexity index is 638. The van der Waals surface area contributed by atoms with Crippen LogP contribution in [0.5, 0.6) is 5.75 Å². The van der Waals surface area contributed by atoms with Crippen molar-refractivity contribution in [2.24, 2.45) is 5.92 Å². The van der Waals surface area contributed by atoms with Crippen LogP contribution in [0.3, 0.4) is 0 Å². The number of carbonyl (C=O) groups excluding carboxylic acids is 1. The van der Waals surface area contributed by atoms with Crippen LogP contribution >= 0.6 is 11.6 Å². The molecule has 0 aliphatic carbocycles. The fourth-order valence-corrected chi connectivity index (χ4v) is 4.26. The highest BCUT2D eigenvalue weighted by molar-refractivity contribution is 6.30. The van der Waals surface area contributed by atoms with Crippen molar-refractivity contribution in [2.75, 3.05) is 46.4 Å². The lowest BCUT2D eigenvalue weighted by atomic mass is 9.98. The van der Waals surface area contributed by atoms with Gasteiger partial charge in [0.25, 0.3) is 0 Å². The Morgan fingerprint density at radius 3 is 2.48 bits per heavy atom. The molecule has 6 heteroatoms. The Hall–Kier alpha value is -1.30. The van der Waals surface area contributed by atoms with Crippen molar-refractivity contribution in [2.45, 2.75) is 39.3 Å². The van der Waals surface area contributed by atoms with Gasteiger partial charge in [-0.2, -0.15) is 0 Å². The van der Waals surface area contributed by atoms with Crippen molar-refractivity contribution < 1.29 is 9.53 Å². The lowest BCUT2D eigenvalue weighted by molar-refractivity contribution is -0.138. The van der Waals surface area contributed by atoms with Crippen LogP contribution in [0.25, 0.3) is 0 Å². The van der Waals surface area contributed by atoms with Gasteiger partial charge in [0.05, 0.1) is 13.2 Å². The lowest BCUT2D eigenvalue weighted by Crippen LogP contribution is -2.55. The Morgan fingerprint density at radius 1 is 1.19 bits per heavy atom. The summed E-state index contributed by atoms with van der Waals surface area (Å²) in [7, 11) is 1.69. The zero-order valence-corrected chi connectivity index (χ0v) is 17.5. The highest BCUT2D eigenvalue weighted by Crippen LogP contribution is 2.25. The minimum atomic E-state index is -0.0266. The number of hydrogen-bond acceptors (Lipinski definition) is 4. The molecule has 2 heterocycles.